The highest BCUT2D eigenvalue weighted by Crippen LogP contribution is 2.28. The Balaban J connectivity index is 2.24. The second-order valence-corrected chi connectivity index (χ2v) is 5.06. The molecule has 1 heterocycles. The van der Waals surface area contributed by atoms with Gasteiger partial charge in [0.1, 0.15) is 18.0 Å². The minimum atomic E-state index is 0.279. The molecule has 0 aliphatic heterocycles. The lowest BCUT2D eigenvalue weighted by Gasteiger charge is -2.17. The number of hydrazine groups is 1. The Kier molecular flexibility index (Phi) is 4.53. The first-order valence-electron chi connectivity index (χ1n) is 6.73. The molecule has 1 aromatic carbocycles. The van der Waals surface area contributed by atoms with Crippen molar-refractivity contribution < 1.29 is 0 Å². The molecule has 0 saturated carbocycles. The van der Waals surface area contributed by atoms with Crippen molar-refractivity contribution in [3.8, 4) is 0 Å². The first-order chi connectivity index (χ1) is 9.63. The van der Waals surface area contributed by atoms with Crippen molar-refractivity contribution in [3.63, 3.8) is 0 Å². The molecular weight excluding hydrogens is 250 g/mol. The molecule has 0 saturated heterocycles. The first kappa shape index (κ1) is 14.3. The molecule has 0 bridgehead atoms. The average molecular weight is 271 g/mol. The molecule has 1 aromatic heterocycles. The van der Waals surface area contributed by atoms with Crippen molar-refractivity contribution in [1.29, 1.82) is 0 Å². The normalized spacial score (nSPS) is 10.7. The minimum Gasteiger partial charge on any atom is -0.366 e. The molecule has 0 aliphatic carbocycles. The zero-order chi connectivity index (χ0) is 14.5. The molecule has 0 amide bonds. The summed E-state index contributed by atoms with van der Waals surface area (Å²) < 4.78 is 0. The summed E-state index contributed by atoms with van der Waals surface area (Å²) in [6.07, 6.45) is 1.52. The van der Waals surface area contributed by atoms with E-state index in [1.165, 1.54) is 17.5 Å². The van der Waals surface area contributed by atoms with Crippen LogP contribution < -0.4 is 16.6 Å². The highest BCUT2D eigenvalue weighted by Gasteiger charge is 2.14. The van der Waals surface area contributed by atoms with E-state index in [2.05, 4.69) is 53.6 Å². The Bertz CT molecular complexity index is 580. The summed E-state index contributed by atoms with van der Waals surface area (Å²) in [5, 5.41) is 3.38. The fraction of sp³-hybridized carbons (Fsp3) is 0.333. The molecule has 0 spiro atoms. The molecule has 0 radical (unpaired) electrons. The maximum Gasteiger partial charge on any atom is 0.148 e. The van der Waals surface area contributed by atoms with Crippen molar-refractivity contribution in [2.75, 3.05) is 10.7 Å². The van der Waals surface area contributed by atoms with E-state index >= 15 is 0 Å². The van der Waals surface area contributed by atoms with Gasteiger partial charge >= 0.3 is 0 Å². The quantitative estimate of drug-likeness (QED) is 0.576. The number of anilines is 2. The van der Waals surface area contributed by atoms with E-state index in [0.29, 0.717) is 5.82 Å². The Hall–Kier alpha value is -2.14. The van der Waals surface area contributed by atoms with Gasteiger partial charge in [0.05, 0.1) is 0 Å². The number of nitrogens with two attached hydrogens (primary N) is 1. The van der Waals surface area contributed by atoms with Crippen LogP contribution in [0.3, 0.4) is 0 Å². The van der Waals surface area contributed by atoms with Gasteiger partial charge in [-0.15, -0.1) is 0 Å². The topological polar surface area (TPSA) is 75.9 Å². The fourth-order valence-electron chi connectivity index (χ4n) is 2.19. The molecule has 106 valence electrons. The van der Waals surface area contributed by atoms with Gasteiger partial charge in [-0.1, -0.05) is 38.1 Å². The molecule has 0 aliphatic rings. The number of nitrogens with one attached hydrogen (secondary N) is 2. The third-order valence-electron chi connectivity index (χ3n) is 3.31. The van der Waals surface area contributed by atoms with Crippen LogP contribution in [-0.4, -0.2) is 9.97 Å². The van der Waals surface area contributed by atoms with E-state index in [4.69, 9.17) is 5.84 Å². The predicted octanol–water partition coefficient (Wildman–Crippen LogP) is 2.81. The van der Waals surface area contributed by atoms with Gasteiger partial charge in [0.2, 0.25) is 0 Å². The zero-order valence-electron chi connectivity index (χ0n) is 12.1. The highest BCUT2D eigenvalue weighted by molar-refractivity contribution is 5.58. The maximum atomic E-state index is 5.52. The third kappa shape index (κ3) is 3.05. The predicted molar refractivity (Wildman–Crippen MR) is 82.4 cm³/mol. The molecule has 0 atom stereocenters. The van der Waals surface area contributed by atoms with E-state index in [1.807, 2.05) is 12.1 Å². The van der Waals surface area contributed by atoms with E-state index in [9.17, 15) is 0 Å². The number of aryl methyl sites for hydroxylation is 1. The minimum absolute atomic E-state index is 0.279. The van der Waals surface area contributed by atoms with Gasteiger partial charge in [0.15, 0.2) is 0 Å². The number of nitrogens with zero attached hydrogens (tertiary/aromatic N) is 2. The van der Waals surface area contributed by atoms with Gasteiger partial charge in [0.25, 0.3) is 0 Å². The van der Waals surface area contributed by atoms with Crippen LogP contribution in [0.25, 0.3) is 0 Å². The van der Waals surface area contributed by atoms with E-state index in [-0.39, 0.29) is 5.92 Å². The van der Waals surface area contributed by atoms with Crippen LogP contribution in [0.15, 0.2) is 30.6 Å². The molecule has 0 unspecified atom stereocenters. The lowest BCUT2D eigenvalue weighted by atomic mass is 10.0. The van der Waals surface area contributed by atoms with Crippen LogP contribution in [0.2, 0.25) is 0 Å². The Morgan fingerprint density at radius 3 is 2.50 bits per heavy atom. The van der Waals surface area contributed by atoms with Gasteiger partial charge < -0.3 is 10.7 Å². The Labute approximate surface area is 119 Å². The van der Waals surface area contributed by atoms with Crippen molar-refractivity contribution in [1.82, 2.24) is 9.97 Å². The van der Waals surface area contributed by atoms with Gasteiger partial charge in [-0.3, -0.25) is 0 Å². The first-order valence-corrected chi connectivity index (χ1v) is 6.73. The van der Waals surface area contributed by atoms with Crippen LogP contribution in [-0.2, 0) is 6.54 Å². The van der Waals surface area contributed by atoms with E-state index in [0.717, 1.165) is 17.9 Å². The lowest BCUT2D eigenvalue weighted by Crippen LogP contribution is -2.15. The molecule has 4 N–H and O–H groups in total. The third-order valence-corrected chi connectivity index (χ3v) is 3.31. The zero-order valence-corrected chi connectivity index (χ0v) is 12.1. The Morgan fingerprint density at radius 1 is 1.15 bits per heavy atom. The van der Waals surface area contributed by atoms with E-state index in [1.54, 1.807) is 0 Å². The molecule has 2 aromatic rings. The number of hydrogen-bond acceptors (Lipinski definition) is 5. The summed E-state index contributed by atoms with van der Waals surface area (Å²) in [6, 6.07) is 8.30. The van der Waals surface area contributed by atoms with Crippen LogP contribution in [0.1, 0.15) is 36.5 Å². The summed E-state index contributed by atoms with van der Waals surface area (Å²) in [7, 11) is 0. The standard InChI is InChI=1S/C15H21N5/c1-10(2)13-14(18-9-19-15(13)20-16)17-8-12-7-5-4-6-11(12)3/h4-7,9-10H,8,16H2,1-3H3,(H2,17,18,19,20). The van der Waals surface area contributed by atoms with Gasteiger partial charge in [0, 0.05) is 12.1 Å². The van der Waals surface area contributed by atoms with Crippen molar-refractivity contribution in [2.45, 2.75) is 33.2 Å². The van der Waals surface area contributed by atoms with Crippen molar-refractivity contribution in [3.05, 3.63) is 47.3 Å². The number of rotatable bonds is 5. The summed E-state index contributed by atoms with van der Waals surface area (Å²) in [5.41, 5.74) is 6.15. The number of hydrogen-bond donors (Lipinski definition) is 3. The highest BCUT2D eigenvalue weighted by atomic mass is 15.3. The molecule has 0 fully saturated rings. The maximum absolute atomic E-state index is 5.52. The Morgan fingerprint density at radius 2 is 1.85 bits per heavy atom. The monoisotopic (exact) mass is 271 g/mol. The number of benzene rings is 1. The van der Waals surface area contributed by atoms with E-state index < -0.39 is 0 Å². The van der Waals surface area contributed by atoms with Crippen LogP contribution in [0.5, 0.6) is 0 Å². The largest absolute Gasteiger partial charge is 0.366 e. The number of nitrogen functional groups attached to an aromatic ring is 1. The van der Waals surface area contributed by atoms with Crippen molar-refractivity contribution >= 4 is 11.6 Å². The average Bonchev–Trinajstić information content (AvgIpc) is 2.45. The molecule has 5 nitrogen and oxygen atoms in total. The number of aromatic nitrogens is 2. The van der Waals surface area contributed by atoms with Gasteiger partial charge in [-0.05, 0) is 24.0 Å². The summed E-state index contributed by atoms with van der Waals surface area (Å²) >= 11 is 0. The second kappa shape index (κ2) is 6.34. The molecule has 5 heteroatoms. The van der Waals surface area contributed by atoms with Crippen LogP contribution in [0, 0.1) is 6.92 Å². The summed E-state index contributed by atoms with van der Waals surface area (Å²) in [5.74, 6) is 7.29. The molecular formula is C15H21N5. The smallest absolute Gasteiger partial charge is 0.148 e. The van der Waals surface area contributed by atoms with Crippen LogP contribution in [0.4, 0.5) is 11.6 Å². The molecule has 20 heavy (non-hydrogen) atoms. The van der Waals surface area contributed by atoms with Crippen molar-refractivity contribution in [2.24, 2.45) is 5.84 Å². The summed E-state index contributed by atoms with van der Waals surface area (Å²) in [6.45, 7) is 7.03. The molecule has 2 rings (SSSR count). The van der Waals surface area contributed by atoms with Gasteiger partial charge in [-0.2, -0.15) is 0 Å². The van der Waals surface area contributed by atoms with Gasteiger partial charge in [-0.25, -0.2) is 15.8 Å². The fourth-order valence-corrected chi connectivity index (χ4v) is 2.19. The second-order valence-electron chi connectivity index (χ2n) is 5.06. The summed E-state index contributed by atoms with van der Waals surface area (Å²) in [4.78, 5) is 8.50. The van der Waals surface area contributed by atoms with Crippen LogP contribution >= 0.6 is 0 Å². The SMILES string of the molecule is Cc1ccccc1CNc1ncnc(NN)c1C(C)C. The lowest BCUT2D eigenvalue weighted by molar-refractivity contribution is 0.844.